The van der Waals surface area contributed by atoms with Gasteiger partial charge in [-0.15, -0.1) is 0 Å². The molecule has 0 radical (unpaired) electrons. The summed E-state index contributed by atoms with van der Waals surface area (Å²) in [5.74, 6) is -3.04. The fourth-order valence-electron chi connectivity index (χ4n) is 3.80. The number of aliphatic hydroxyl groups excluding tert-OH is 1. The van der Waals surface area contributed by atoms with Crippen molar-refractivity contribution in [2.24, 2.45) is 0 Å². The van der Waals surface area contributed by atoms with Crippen LogP contribution in [0.4, 0.5) is 15.8 Å². The number of anilines is 1. The molecule has 3 aromatic carbocycles. The van der Waals surface area contributed by atoms with Crippen molar-refractivity contribution >= 4 is 28.8 Å². The Balaban J connectivity index is 1.97. The van der Waals surface area contributed by atoms with E-state index >= 15 is 0 Å². The maximum absolute atomic E-state index is 13.9. The predicted octanol–water partition coefficient (Wildman–Crippen LogP) is 4.67. The monoisotopic (exact) mass is 432 g/mol. The molecule has 1 amide bonds. The third-order valence-corrected chi connectivity index (χ3v) is 5.22. The number of rotatable bonds is 4. The minimum Gasteiger partial charge on any atom is -0.507 e. The van der Waals surface area contributed by atoms with Crippen LogP contribution in [0, 0.1) is 22.9 Å². The molecule has 0 bridgehead atoms. The van der Waals surface area contributed by atoms with Gasteiger partial charge in [0.25, 0.3) is 17.4 Å². The summed E-state index contributed by atoms with van der Waals surface area (Å²) >= 11 is 0. The lowest BCUT2D eigenvalue weighted by molar-refractivity contribution is -0.384. The average molecular weight is 432 g/mol. The van der Waals surface area contributed by atoms with Crippen molar-refractivity contribution in [1.82, 2.24) is 0 Å². The smallest absolute Gasteiger partial charge is 0.300 e. The molecule has 1 fully saturated rings. The second-order valence-corrected chi connectivity index (χ2v) is 7.37. The standard InChI is InChI=1S/C24H17FN2O5/c1-14-5-2-6-15(11-14)21-20(22(28)16-7-3-10-19(12-16)27(31)32)23(29)24(30)26(21)18-9-4-8-17(25)13-18/h2-13,21,28H,1H3/b22-20-. The van der Waals surface area contributed by atoms with Crippen LogP contribution in [-0.4, -0.2) is 21.7 Å². The molecule has 0 spiro atoms. The van der Waals surface area contributed by atoms with Crippen LogP contribution in [0.1, 0.15) is 22.7 Å². The first-order valence-electron chi connectivity index (χ1n) is 9.66. The van der Waals surface area contributed by atoms with E-state index in [0.29, 0.717) is 5.56 Å². The van der Waals surface area contributed by atoms with Crippen LogP contribution in [0.15, 0.2) is 78.4 Å². The number of carbonyl (C=O) groups excluding carboxylic acids is 2. The Labute approximate surface area is 182 Å². The fourth-order valence-corrected chi connectivity index (χ4v) is 3.80. The van der Waals surface area contributed by atoms with Gasteiger partial charge in [0, 0.05) is 23.4 Å². The highest BCUT2D eigenvalue weighted by atomic mass is 19.1. The van der Waals surface area contributed by atoms with Gasteiger partial charge >= 0.3 is 0 Å². The SMILES string of the molecule is Cc1cccc(C2/C(=C(/O)c3cccc([N+](=O)[O-])c3)C(=O)C(=O)N2c2cccc(F)c2)c1. The summed E-state index contributed by atoms with van der Waals surface area (Å²) in [6.45, 7) is 1.83. The first-order valence-corrected chi connectivity index (χ1v) is 9.66. The zero-order valence-electron chi connectivity index (χ0n) is 16.9. The maximum atomic E-state index is 13.9. The molecule has 1 saturated heterocycles. The number of nitrogens with zero attached hydrogens (tertiary/aromatic N) is 2. The van der Waals surface area contributed by atoms with Crippen LogP contribution in [0.3, 0.4) is 0 Å². The Morgan fingerprint density at radius 1 is 1.03 bits per heavy atom. The Hall–Kier alpha value is -4.33. The number of ketones is 1. The highest BCUT2D eigenvalue weighted by molar-refractivity contribution is 6.51. The minimum atomic E-state index is -1.05. The number of carbonyl (C=O) groups is 2. The number of benzene rings is 3. The number of halogens is 1. The fraction of sp³-hybridized carbons (Fsp3) is 0.0833. The average Bonchev–Trinajstić information content (AvgIpc) is 3.04. The van der Waals surface area contributed by atoms with Gasteiger partial charge in [0.2, 0.25) is 0 Å². The van der Waals surface area contributed by atoms with Crippen LogP contribution < -0.4 is 4.90 Å². The van der Waals surface area contributed by atoms with Gasteiger partial charge in [0.15, 0.2) is 0 Å². The van der Waals surface area contributed by atoms with E-state index in [0.717, 1.165) is 22.6 Å². The molecule has 160 valence electrons. The third-order valence-electron chi connectivity index (χ3n) is 5.22. The van der Waals surface area contributed by atoms with E-state index in [2.05, 4.69) is 0 Å². The Morgan fingerprint density at radius 3 is 2.44 bits per heavy atom. The molecule has 8 heteroatoms. The van der Waals surface area contributed by atoms with E-state index in [1.165, 1.54) is 36.4 Å². The topological polar surface area (TPSA) is 101 Å². The second kappa shape index (κ2) is 8.07. The quantitative estimate of drug-likeness (QED) is 0.212. The molecule has 0 aromatic heterocycles. The largest absolute Gasteiger partial charge is 0.507 e. The van der Waals surface area contributed by atoms with E-state index in [1.54, 1.807) is 18.2 Å². The molecular formula is C24H17FN2O5. The van der Waals surface area contributed by atoms with Crippen molar-refractivity contribution < 1.29 is 24.0 Å². The summed E-state index contributed by atoms with van der Waals surface area (Å²) in [5.41, 5.74) is 1.04. The summed E-state index contributed by atoms with van der Waals surface area (Å²) in [7, 11) is 0. The number of nitro benzene ring substituents is 1. The van der Waals surface area contributed by atoms with Gasteiger partial charge in [0.05, 0.1) is 16.5 Å². The molecule has 1 aliphatic rings. The Bertz CT molecular complexity index is 1300. The van der Waals surface area contributed by atoms with E-state index < -0.39 is 34.2 Å². The summed E-state index contributed by atoms with van der Waals surface area (Å²) in [6, 6.07) is 16.4. The molecule has 1 N–H and O–H groups in total. The van der Waals surface area contributed by atoms with E-state index in [9.17, 15) is 29.2 Å². The zero-order chi connectivity index (χ0) is 23.0. The Morgan fingerprint density at radius 2 is 1.75 bits per heavy atom. The molecule has 3 aromatic rings. The first-order chi connectivity index (χ1) is 15.3. The number of aliphatic hydroxyl groups is 1. The van der Waals surface area contributed by atoms with Gasteiger partial charge in [-0.25, -0.2) is 4.39 Å². The molecule has 1 atom stereocenters. The van der Waals surface area contributed by atoms with Crippen molar-refractivity contribution in [1.29, 1.82) is 0 Å². The lowest BCUT2D eigenvalue weighted by atomic mass is 9.94. The predicted molar refractivity (Wildman–Crippen MR) is 115 cm³/mol. The minimum absolute atomic E-state index is 0.0223. The molecule has 7 nitrogen and oxygen atoms in total. The van der Waals surface area contributed by atoms with Gasteiger partial charge in [0.1, 0.15) is 11.6 Å². The van der Waals surface area contributed by atoms with Gasteiger partial charge in [-0.1, -0.05) is 48.0 Å². The molecule has 1 aliphatic heterocycles. The van der Waals surface area contributed by atoms with Crippen LogP contribution in [0.25, 0.3) is 5.76 Å². The third kappa shape index (κ3) is 3.62. The molecule has 1 heterocycles. The zero-order valence-corrected chi connectivity index (χ0v) is 16.9. The number of non-ortho nitro benzene ring substituents is 1. The number of amides is 1. The van der Waals surface area contributed by atoms with Crippen LogP contribution >= 0.6 is 0 Å². The summed E-state index contributed by atoms with van der Waals surface area (Å²) in [6.07, 6.45) is 0. The van der Waals surface area contributed by atoms with E-state index in [-0.39, 0.29) is 22.5 Å². The highest BCUT2D eigenvalue weighted by Gasteiger charge is 2.47. The van der Waals surface area contributed by atoms with Gasteiger partial charge in [-0.3, -0.25) is 24.6 Å². The van der Waals surface area contributed by atoms with E-state index in [1.807, 2.05) is 13.0 Å². The molecule has 4 rings (SSSR count). The molecule has 0 saturated carbocycles. The van der Waals surface area contributed by atoms with Crippen molar-refractivity contribution in [3.05, 3.63) is 111 Å². The van der Waals surface area contributed by atoms with Crippen LogP contribution in [0.5, 0.6) is 0 Å². The molecular weight excluding hydrogens is 415 g/mol. The van der Waals surface area contributed by atoms with Crippen LogP contribution in [-0.2, 0) is 9.59 Å². The number of Topliss-reactive ketones (excluding diaryl/α,β-unsaturated/α-hetero) is 1. The van der Waals surface area contributed by atoms with Crippen molar-refractivity contribution in [2.45, 2.75) is 13.0 Å². The van der Waals surface area contributed by atoms with Crippen molar-refractivity contribution in [2.75, 3.05) is 4.90 Å². The summed E-state index contributed by atoms with van der Waals surface area (Å²) in [4.78, 5) is 37.7. The van der Waals surface area contributed by atoms with Gasteiger partial charge in [-0.2, -0.15) is 0 Å². The number of hydrogen-bond acceptors (Lipinski definition) is 5. The highest BCUT2D eigenvalue weighted by Crippen LogP contribution is 2.42. The van der Waals surface area contributed by atoms with E-state index in [4.69, 9.17) is 0 Å². The van der Waals surface area contributed by atoms with Gasteiger partial charge < -0.3 is 5.11 Å². The normalized spacial score (nSPS) is 17.6. The molecule has 0 aliphatic carbocycles. The lowest BCUT2D eigenvalue weighted by Gasteiger charge is -2.25. The lowest BCUT2D eigenvalue weighted by Crippen LogP contribution is -2.29. The van der Waals surface area contributed by atoms with Crippen LogP contribution in [0.2, 0.25) is 0 Å². The number of aryl methyl sites for hydroxylation is 1. The number of hydrogen-bond donors (Lipinski definition) is 1. The Kier molecular flexibility index (Phi) is 5.28. The molecule has 1 unspecified atom stereocenters. The second-order valence-electron chi connectivity index (χ2n) is 7.37. The van der Waals surface area contributed by atoms with Gasteiger partial charge in [-0.05, 0) is 30.7 Å². The molecule has 32 heavy (non-hydrogen) atoms. The van der Waals surface area contributed by atoms with Crippen molar-refractivity contribution in [3.63, 3.8) is 0 Å². The summed E-state index contributed by atoms with van der Waals surface area (Å²) in [5, 5.41) is 22.2. The first kappa shape index (κ1) is 20.9. The maximum Gasteiger partial charge on any atom is 0.300 e. The summed E-state index contributed by atoms with van der Waals surface area (Å²) < 4.78 is 13.9. The number of nitro groups is 1. The van der Waals surface area contributed by atoms with Crippen molar-refractivity contribution in [3.8, 4) is 0 Å².